The van der Waals surface area contributed by atoms with E-state index < -0.39 is 0 Å². The molecular formula is C69H43FN10. The molecule has 14 rings (SSSR count). The average Bonchev–Trinajstić information content (AvgIpc) is 4.10. The second-order valence-corrected chi connectivity index (χ2v) is 19.2. The van der Waals surface area contributed by atoms with Crippen molar-refractivity contribution in [1.29, 1.82) is 0 Å². The second-order valence-electron chi connectivity index (χ2n) is 19.2. The summed E-state index contributed by atoms with van der Waals surface area (Å²) in [6.45, 7) is 0. The lowest BCUT2D eigenvalue weighted by atomic mass is 10.0. The predicted molar refractivity (Wildman–Crippen MR) is 315 cm³/mol. The van der Waals surface area contributed by atoms with Crippen molar-refractivity contribution in [3.63, 3.8) is 0 Å². The van der Waals surface area contributed by atoms with Crippen molar-refractivity contribution in [1.82, 2.24) is 49.4 Å². The zero-order valence-corrected chi connectivity index (χ0v) is 42.7. The first-order valence-electron chi connectivity index (χ1n) is 26.1. The summed E-state index contributed by atoms with van der Waals surface area (Å²) in [7, 11) is 0. The Morgan fingerprint density at radius 1 is 0.225 bits per heavy atom. The van der Waals surface area contributed by atoms with Crippen LogP contribution in [0.5, 0.6) is 0 Å². The first-order valence-corrected chi connectivity index (χ1v) is 26.1. The molecule has 10 nitrogen and oxygen atoms in total. The fourth-order valence-electron chi connectivity index (χ4n) is 10.1. The van der Waals surface area contributed by atoms with Gasteiger partial charge in [-0.05, 0) is 71.8 Å². The summed E-state index contributed by atoms with van der Waals surface area (Å²) in [4.78, 5) is 46.2. The number of benzene rings is 10. The summed E-state index contributed by atoms with van der Waals surface area (Å²) >= 11 is 0. The van der Waals surface area contributed by atoms with Crippen molar-refractivity contribution in [3.8, 4) is 119 Å². The molecule has 80 heavy (non-hydrogen) atoms. The van der Waals surface area contributed by atoms with Gasteiger partial charge in [0.2, 0.25) is 0 Å². The summed E-state index contributed by atoms with van der Waals surface area (Å²) in [6, 6.07) is 85.2. The van der Waals surface area contributed by atoms with Crippen molar-refractivity contribution < 1.29 is 4.39 Å². The van der Waals surface area contributed by atoms with E-state index in [1.807, 2.05) is 188 Å². The number of hydrogen-bond donors (Lipinski definition) is 0. The van der Waals surface area contributed by atoms with E-state index in [0.29, 0.717) is 52.4 Å². The molecule has 0 fully saturated rings. The van der Waals surface area contributed by atoms with Crippen molar-refractivity contribution in [3.05, 3.63) is 267 Å². The van der Waals surface area contributed by atoms with Crippen LogP contribution in [-0.2, 0) is 0 Å². The summed E-state index contributed by atoms with van der Waals surface area (Å²) in [6.07, 6.45) is 0. The fraction of sp³-hybridized carbons (Fsp3) is 0. The molecule has 376 valence electrons. The van der Waals surface area contributed by atoms with Gasteiger partial charge in [0, 0.05) is 60.8 Å². The van der Waals surface area contributed by atoms with Crippen LogP contribution >= 0.6 is 0 Å². The maximum Gasteiger partial charge on any atom is 0.166 e. The van der Waals surface area contributed by atoms with Crippen LogP contribution in [0.1, 0.15) is 0 Å². The number of nitrogens with zero attached hydrogens (tertiary/aromatic N) is 10. The number of hydrogen-bond acceptors (Lipinski definition) is 9. The SMILES string of the molecule is Fc1ccc(-c2ccc(-c3nc(-c4ccccc4)nc(-c4ccccc4)n3)c(-n3c4ccc(-c5nc(-c6ccccc6)nc(-c6ccccc6)n5)cc4c4cc(-c5nc(-c6ccccc6)nc(-c6ccccc6)n5)ccc43)c2)cc1. The summed E-state index contributed by atoms with van der Waals surface area (Å²) < 4.78 is 16.8. The van der Waals surface area contributed by atoms with Gasteiger partial charge in [0.25, 0.3) is 0 Å². The Labute approximate surface area is 459 Å². The molecule has 0 radical (unpaired) electrons. The molecule has 0 aliphatic carbocycles. The van der Waals surface area contributed by atoms with Gasteiger partial charge < -0.3 is 4.57 Å². The lowest BCUT2D eigenvalue weighted by molar-refractivity contribution is 0.628. The Bertz CT molecular complexity index is 4210. The molecular weight excluding hydrogens is 988 g/mol. The predicted octanol–water partition coefficient (Wildman–Crippen LogP) is 16.1. The van der Waals surface area contributed by atoms with E-state index in [1.54, 1.807) is 12.1 Å². The third kappa shape index (κ3) is 9.20. The van der Waals surface area contributed by atoms with Crippen LogP contribution < -0.4 is 0 Å². The minimum atomic E-state index is -0.318. The highest BCUT2D eigenvalue weighted by Gasteiger charge is 2.23. The molecule has 10 aromatic carbocycles. The quantitative estimate of drug-likeness (QED) is 0.125. The van der Waals surface area contributed by atoms with E-state index >= 15 is 0 Å². The molecule has 0 aliphatic rings. The van der Waals surface area contributed by atoms with Gasteiger partial charge in [-0.2, -0.15) is 0 Å². The van der Waals surface area contributed by atoms with Gasteiger partial charge in [-0.25, -0.2) is 49.2 Å². The number of halogens is 1. The van der Waals surface area contributed by atoms with Gasteiger partial charge in [-0.3, -0.25) is 0 Å². The molecule has 4 heterocycles. The molecule has 0 spiro atoms. The standard InChI is InChI=1S/C69H43FN10/c70-54-36-31-44(32-37-54)51-33-38-55(69-78-65(49-27-15-5-16-28-49)73-66(79-69)50-29-17-6-18-30-50)60(43-51)80-58-39-34-52(67-74-61(45-19-7-1-8-20-45)71-62(75-67)46-21-9-2-10-22-46)41-56(58)57-42-53(35-40-59(57)80)68-76-63(47-23-11-3-12-24-47)72-64(77-68)48-25-13-4-14-26-48/h1-43H. The highest BCUT2D eigenvalue weighted by atomic mass is 19.1. The maximum absolute atomic E-state index is 14.6. The van der Waals surface area contributed by atoms with Gasteiger partial charge in [0.15, 0.2) is 52.4 Å². The average molecular weight is 1030 g/mol. The summed E-state index contributed by atoms with van der Waals surface area (Å²) in [5.41, 5.74) is 11.8. The van der Waals surface area contributed by atoms with Crippen molar-refractivity contribution in [2.75, 3.05) is 0 Å². The lowest BCUT2D eigenvalue weighted by Crippen LogP contribution is -2.04. The Balaban J connectivity index is 1.05. The number of aromatic nitrogens is 10. The van der Waals surface area contributed by atoms with E-state index in [-0.39, 0.29) is 5.82 Å². The van der Waals surface area contributed by atoms with Crippen LogP contribution in [0.2, 0.25) is 0 Å². The highest BCUT2D eigenvalue weighted by Crippen LogP contribution is 2.41. The minimum absolute atomic E-state index is 0.318. The van der Waals surface area contributed by atoms with Crippen LogP contribution in [0, 0.1) is 5.82 Å². The van der Waals surface area contributed by atoms with Crippen LogP contribution in [0.4, 0.5) is 4.39 Å². The van der Waals surface area contributed by atoms with Crippen LogP contribution in [0.3, 0.4) is 0 Å². The molecule has 0 saturated carbocycles. The van der Waals surface area contributed by atoms with Gasteiger partial charge in [0.1, 0.15) is 5.82 Å². The molecule has 0 bridgehead atoms. The first-order chi connectivity index (χ1) is 39.5. The van der Waals surface area contributed by atoms with Gasteiger partial charge >= 0.3 is 0 Å². The van der Waals surface area contributed by atoms with E-state index in [4.69, 9.17) is 44.9 Å². The molecule has 4 aromatic heterocycles. The Morgan fingerprint density at radius 3 is 0.825 bits per heavy atom. The zero-order valence-electron chi connectivity index (χ0n) is 42.7. The Morgan fingerprint density at radius 2 is 0.500 bits per heavy atom. The largest absolute Gasteiger partial charge is 0.308 e. The van der Waals surface area contributed by atoms with Crippen molar-refractivity contribution >= 4 is 21.8 Å². The Kier molecular flexibility index (Phi) is 12.1. The Hall–Kier alpha value is -11.0. The second kappa shape index (κ2) is 20.5. The maximum atomic E-state index is 14.6. The van der Waals surface area contributed by atoms with Crippen LogP contribution in [0.15, 0.2) is 261 Å². The van der Waals surface area contributed by atoms with Gasteiger partial charge in [-0.15, -0.1) is 0 Å². The molecule has 0 saturated heterocycles. The van der Waals surface area contributed by atoms with Crippen LogP contribution in [-0.4, -0.2) is 49.4 Å². The van der Waals surface area contributed by atoms with Gasteiger partial charge in [0.05, 0.1) is 16.7 Å². The van der Waals surface area contributed by atoms with E-state index in [0.717, 1.165) is 88.7 Å². The lowest BCUT2D eigenvalue weighted by Gasteiger charge is -2.17. The number of fused-ring (bicyclic) bond motifs is 3. The molecule has 14 aromatic rings. The third-order valence-electron chi connectivity index (χ3n) is 14.0. The highest BCUT2D eigenvalue weighted by molar-refractivity contribution is 6.12. The molecule has 11 heteroatoms. The summed E-state index contributed by atoms with van der Waals surface area (Å²) in [5.74, 6) is 4.47. The minimum Gasteiger partial charge on any atom is -0.308 e. The third-order valence-corrected chi connectivity index (χ3v) is 14.0. The van der Waals surface area contributed by atoms with E-state index in [9.17, 15) is 4.39 Å². The van der Waals surface area contributed by atoms with Gasteiger partial charge in [-0.1, -0.05) is 200 Å². The normalized spacial score (nSPS) is 11.3. The molecule has 0 N–H and O–H groups in total. The molecule has 0 unspecified atom stereocenters. The number of rotatable bonds is 11. The van der Waals surface area contributed by atoms with Crippen molar-refractivity contribution in [2.24, 2.45) is 0 Å². The fourth-order valence-corrected chi connectivity index (χ4v) is 10.1. The topological polar surface area (TPSA) is 121 Å². The van der Waals surface area contributed by atoms with E-state index in [1.165, 1.54) is 12.1 Å². The van der Waals surface area contributed by atoms with E-state index in [2.05, 4.69) is 53.1 Å². The molecule has 0 amide bonds. The molecule has 0 atom stereocenters. The first kappa shape index (κ1) is 47.4. The zero-order chi connectivity index (χ0) is 53.4. The monoisotopic (exact) mass is 1030 g/mol. The van der Waals surface area contributed by atoms with Crippen molar-refractivity contribution in [2.45, 2.75) is 0 Å². The summed E-state index contributed by atoms with van der Waals surface area (Å²) in [5, 5.41) is 1.82. The smallest absolute Gasteiger partial charge is 0.166 e. The molecule has 0 aliphatic heterocycles. The van der Waals surface area contributed by atoms with Crippen LogP contribution in [0.25, 0.3) is 141 Å².